The number of benzene rings is 3. The lowest BCUT2D eigenvalue weighted by atomic mass is 9.94. The molecule has 1 aliphatic rings. The largest absolute Gasteiger partial charge is 0.494 e. The normalized spacial score (nSPS) is 14.6. The highest BCUT2D eigenvalue weighted by Crippen LogP contribution is 2.30. The summed E-state index contributed by atoms with van der Waals surface area (Å²) in [6, 6.07) is 18.7. The molecule has 0 amide bonds. The van der Waals surface area contributed by atoms with Gasteiger partial charge in [0.1, 0.15) is 0 Å². The maximum Gasteiger partial charge on any atom is 0.198 e. The Morgan fingerprint density at radius 2 is 1.76 bits per heavy atom. The van der Waals surface area contributed by atoms with Gasteiger partial charge in [0.05, 0.1) is 17.0 Å². The lowest BCUT2D eigenvalue weighted by Gasteiger charge is -2.29. The van der Waals surface area contributed by atoms with E-state index < -0.39 is 0 Å². The topological polar surface area (TPSA) is 77.6 Å². The molecule has 0 spiro atoms. The van der Waals surface area contributed by atoms with Gasteiger partial charge in [-0.2, -0.15) is 0 Å². The predicted molar refractivity (Wildman–Crippen MR) is 136 cm³/mol. The summed E-state index contributed by atoms with van der Waals surface area (Å²) < 4.78 is 0. The van der Waals surface area contributed by atoms with Gasteiger partial charge in [-0.3, -0.25) is 9.89 Å². The highest BCUT2D eigenvalue weighted by Gasteiger charge is 2.17. The number of rotatable bonds is 4. The molecule has 4 aromatic rings. The summed E-state index contributed by atoms with van der Waals surface area (Å²) in [6.07, 6.45) is 1.11. The van der Waals surface area contributed by atoms with E-state index in [1.54, 1.807) is 0 Å². The van der Waals surface area contributed by atoms with Crippen molar-refractivity contribution in [2.75, 3.05) is 12.3 Å². The van der Waals surface area contributed by atoms with Gasteiger partial charge in [-0.1, -0.05) is 24.3 Å². The van der Waals surface area contributed by atoms with E-state index in [0.29, 0.717) is 11.3 Å². The van der Waals surface area contributed by atoms with Crippen LogP contribution < -0.4 is 5.73 Å². The fraction of sp³-hybridized carbons (Fsp3) is 0.250. The highest BCUT2D eigenvalue weighted by atomic mass is 16.3. The van der Waals surface area contributed by atoms with Crippen LogP contribution in [0.2, 0.25) is 0 Å². The number of aromatic nitrogens is 1. The van der Waals surface area contributed by atoms with Gasteiger partial charge in [0.25, 0.3) is 0 Å². The van der Waals surface area contributed by atoms with Crippen LogP contribution in [0, 0.1) is 13.8 Å². The Bertz CT molecular complexity index is 1370. The second kappa shape index (κ2) is 8.41. The number of nitrogen functional groups attached to an aromatic ring is 1. The van der Waals surface area contributed by atoms with Crippen LogP contribution in [-0.4, -0.2) is 27.2 Å². The molecule has 5 rings (SSSR count). The fourth-order valence-electron chi connectivity index (χ4n) is 4.79. The van der Waals surface area contributed by atoms with Gasteiger partial charge < -0.3 is 15.8 Å². The first kappa shape index (κ1) is 21.3. The van der Waals surface area contributed by atoms with Gasteiger partial charge in [-0.15, -0.1) is 0 Å². The molecule has 168 valence electrons. The summed E-state index contributed by atoms with van der Waals surface area (Å²) in [5.41, 5.74) is 16.7. The molecule has 3 aromatic carbocycles. The van der Waals surface area contributed by atoms with E-state index in [0.717, 1.165) is 48.4 Å². The van der Waals surface area contributed by atoms with E-state index >= 15 is 0 Å². The van der Waals surface area contributed by atoms with Crippen LogP contribution in [-0.2, 0) is 19.5 Å². The van der Waals surface area contributed by atoms with E-state index in [2.05, 4.69) is 48.0 Å². The first-order valence-corrected chi connectivity index (χ1v) is 11.4. The Kier molecular flexibility index (Phi) is 5.43. The molecule has 1 aromatic heterocycles. The number of aryl methyl sites for hydroxylation is 2. The second-order valence-electron chi connectivity index (χ2n) is 9.18. The SMILES string of the molecule is CC(=Nc1ccc(CN2CCc3cc(C)c(C)cc3C2)cc1)c1c(O)[nH]c2ccc(N)cc12. The van der Waals surface area contributed by atoms with Crippen LogP contribution in [0.1, 0.15) is 40.3 Å². The minimum Gasteiger partial charge on any atom is -0.494 e. The third kappa shape index (κ3) is 4.24. The van der Waals surface area contributed by atoms with E-state index in [4.69, 9.17) is 10.7 Å². The number of aromatic hydroxyl groups is 1. The molecular weight excluding hydrogens is 408 g/mol. The van der Waals surface area contributed by atoms with Crippen molar-refractivity contribution in [3.8, 4) is 5.88 Å². The van der Waals surface area contributed by atoms with Crippen molar-refractivity contribution >= 4 is 28.0 Å². The second-order valence-corrected chi connectivity index (χ2v) is 9.18. The first-order chi connectivity index (χ1) is 15.9. The molecule has 0 aliphatic carbocycles. The van der Waals surface area contributed by atoms with Crippen LogP contribution in [0.3, 0.4) is 0 Å². The maximum absolute atomic E-state index is 10.4. The van der Waals surface area contributed by atoms with Crippen LogP contribution in [0.5, 0.6) is 5.88 Å². The Labute approximate surface area is 194 Å². The van der Waals surface area contributed by atoms with E-state index in [1.807, 2.05) is 37.3 Å². The molecule has 1 aliphatic heterocycles. The van der Waals surface area contributed by atoms with Gasteiger partial charge >= 0.3 is 0 Å². The zero-order chi connectivity index (χ0) is 23.1. The molecule has 4 N–H and O–H groups in total. The molecule has 0 fully saturated rings. The number of anilines is 1. The summed E-state index contributed by atoms with van der Waals surface area (Å²) in [6.45, 7) is 9.31. The van der Waals surface area contributed by atoms with Gasteiger partial charge in [-0.05, 0) is 85.3 Å². The van der Waals surface area contributed by atoms with Gasteiger partial charge in [-0.25, -0.2) is 0 Å². The number of hydrogen-bond acceptors (Lipinski definition) is 4. The molecule has 0 atom stereocenters. The van der Waals surface area contributed by atoms with E-state index in [-0.39, 0.29) is 5.88 Å². The molecule has 0 saturated heterocycles. The molecule has 0 saturated carbocycles. The summed E-state index contributed by atoms with van der Waals surface area (Å²) in [4.78, 5) is 10.3. The van der Waals surface area contributed by atoms with Crippen molar-refractivity contribution in [1.29, 1.82) is 0 Å². The van der Waals surface area contributed by atoms with Crippen LogP contribution >= 0.6 is 0 Å². The standard InChI is InChI=1S/C28H30N4O/c1-17-12-21-10-11-32(16-22(21)13-18(17)2)15-20-4-7-24(8-5-20)30-19(3)27-25-14-23(29)6-9-26(25)31-28(27)33/h4-9,12-14,31,33H,10-11,15-16,29H2,1-3H3. The Balaban J connectivity index is 1.32. The number of H-pyrrole nitrogens is 1. The Morgan fingerprint density at radius 1 is 1.03 bits per heavy atom. The maximum atomic E-state index is 10.4. The number of nitrogens with zero attached hydrogens (tertiary/aromatic N) is 2. The van der Waals surface area contributed by atoms with Gasteiger partial charge in [0, 0.05) is 36.2 Å². The Hall–Kier alpha value is -3.57. The lowest BCUT2D eigenvalue weighted by molar-refractivity contribution is 0.245. The highest BCUT2D eigenvalue weighted by molar-refractivity contribution is 6.13. The zero-order valence-corrected chi connectivity index (χ0v) is 19.4. The summed E-state index contributed by atoms with van der Waals surface area (Å²) in [5, 5.41) is 11.3. The molecule has 2 heterocycles. The minimum absolute atomic E-state index is 0.115. The molecular formula is C28H30N4O. The fourth-order valence-corrected chi connectivity index (χ4v) is 4.79. The number of nitrogens with two attached hydrogens (primary N) is 1. The molecule has 0 unspecified atom stereocenters. The predicted octanol–water partition coefficient (Wildman–Crippen LogP) is 5.77. The smallest absolute Gasteiger partial charge is 0.198 e. The molecule has 5 nitrogen and oxygen atoms in total. The van der Waals surface area contributed by atoms with E-state index in [1.165, 1.54) is 27.8 Å². The third-order valence-corrected chi connectivity index (χ3v) is 6.71. The van der Waals surface area contributed by atoms with Crippen molar-refractivity contribution in [3.05, 3.63) is 88.0 Å². The van der Waals surface area contributed by atoms with Crippen molar-refractivity contribution < 1.29 is 5.11 Å². The van der Waals surface area contributed by atoms with Crippen LogP contribution in [0.4, 0.5) is 11.4 Å². The first-order valence-electron chi connectivity index (χ1n) is 11.4. The average Bonchev–Trinajstić information content (AvgIpc) is 3.11. The minimum atomic E-state index is 0.115. The number of fused-ring (bicyclic) bond motifs is 2. The number of aromatic amines is 1. The molecule has 0 radical (unpaired) electrons. The number of aliphatic imine (C=N–C) groups is 1. The molecule has 0 bridgehead atoms. The van der Waals surface area contributed by atoms with Crippen molar-refractivity contribution in [1.82, 2.24) is 9.88 Å². The summed E-state index contributed by atoms with van der Waals surface area (Å²) >= 11 is 0. The van der Waals surface area contributed by atoms with Crippen molar-refractivity contribution in [2.24, 2.45) is 4.99 Å². The molecule has 5 heteroatoms. The van der Waals surface area contributed by atoms with Crippen LogP contribution in [0.15, 0.2) is 59.6 Å². The van der Waals surface area contributed by atoms with Crippen molar-refractivity contribution in [3.63, 3.8) is 0 Å². The van der Waals surface area contributed by atoms with Crippen LogP contribution in [0.25, 0.3) is 10.9 Å². The molecule has 33 heavy (non-hydrogen) atoms. The summed E-state index contributed by atoms with van der Waals surface area (Å²) in [5.74, 6) is 0.115. The summed E-state index contributed by atoms with van der Waals surface area (Å²) in [7, 11) is 0. The third-order valence-electron chi connectivity index (χ3n) is 6.71. The van der Waals surface area contributed by atoms with Gasteiger partial charge in [0.2, 0.25) is 0 Å². The zero-order valence-electron chi connectivity index (χ0n) is 19.4. The quantitative estimate of drug-likeness (QED) is 0.279. The number of hydrogen-bond donors (Lipinski definition) is 3. The van der Waals surface area contributed by atoms with Crippen molar-refractivity contribution in [2.45, 2.75) is 40.3 Å². The lowest BCUT2D eigenvalue weighted by Crippen LogP contribution is -2.30. The van der Waals surface area contributed by atoms with E-state index in [9.17, 15) is 5.11 Å². The Morgan fingerprint density at radius 3 is 2.52 bits per heavy atom. The van der Waals surface area contributed by atoms with Gasteiger partial charge in [0.15, 0.2) is 5.88 Å². The average molecular weight is 439 g/mol. The monoisotopic (exact) mass is 438 g/mol. The number of nitrogens with one attached hydrogen (secondary N) is 1.